The van der Waals surface area contributed by atoms with Crippen LogP contribution in [0.25, 0.3) is 11.3 Å². The first-order valence-corrected chi connectivity index (χ1v) is 7.01. The van der Waals surface area contributed by atoms with Gasteiger partial charge < -0.3 is 15.2 Å². The van der Waals surface area contributed by atoms with Crippen LogP contribution in [0.5, 0.6) is 5.75 Å². The Morgan fingerprint density at radius 2 is 1.90 bits per heavy atom. The Bertz CT molecular complexity index is 614. The predicted octanol–water partition coefficient (Wildman–Crippen LogP) is 2.62. The molecule has 0 saturated carbocycles. The molecule has 2 aromatic rings. The minimum Gasteiger partial charge on any atom is -0.490 e. The van der Waals surface area contributed by atoms with E-state index in [1.165, 1.54) is 0 Å². The number of hydrogen-bond acceptors (Lipinski definition) is 5. The van der Waals surface area contributed by atoms with E-state index in [-0.39, 0.29) is 0 Å². The van der Waals surface area contributed by atoms with Crippen LogP contribution in [0.15, 0.2) is 24.3 Å². The summed E-state index contributed by atoms with van der Waals surface area (Å²) in [7, 11) is 1.65. The van der Waals surface area contributed by atoms with Crippen molar-refractivity contribution in [3.05, 3.63) is 35.7 Å². The zero-order valence-electron chi connectivity index (χ0n) is 12.7. The molecule has 0 aliphatic heterocycles. The lowest BCUT2D eigenvalue weighted by molar-refractivity contribution is 0.146. The third-order valence-corrected chi connectivity index (χ3v) is 3.23. The Balaban J connectivity index is 2.44. The number of methoxy groups -OCH3 is 1. The van der Waals surface area contributed by atoms with Gasteiger partial charge in [-0.2, -0.15) is 0 Å². The first kappa shape index (κ1) is 15.3. The van der Waals surface area contributed by atoms with E-state index >= 15 is 0 Å². The van der Waals surface area contributed by atoms with E-state index in [1.807, 2.05) is 38.1 Å². The molecule has 2 rings (SSSR count). The summed E-state index contributed by atoms with van der Waals surface area (Å²) in [5.74, 6) is 2.03. The smallest absolute Gasteiger partial charge is 0.131 e. The molecule has 112 valence electrons. The molecule has 0 unspecified atom stereocenters. The van der Waals surface area contributed by atoms with Crippen molar-refractivity contribution >= 4 is 5.82 Å². The Morgan fingerprint density at radius 3 is 2.62 bits per heavy atom. The van der Waals surface area contributed by atoms with Crippen molar-refractivity contribution < 1.29 is 9.47 Å². The molecule has 0 saturated heterocycles. The van der Waals surface area contributed by atoms with Crippen LogP contribution in [0, 0.1) is 6.92 Å². The number of aryl methyl sites for hydroxylation is 1. The summed E-state index contributed by atoms with van der Waals surface area (Å²) in [6.07, 6.45) is 0.740. The molecule has 0 radical (unpaired) electrons. The molecule has 1 aromatic heterocycles. The molecule has 0 fully saturated rings. The molecule has 0 bridgehead atoms. The maximum Gasteiger partial charge on any atom is 0.131 e. The number of nitrogens with zero attached hydrogens (tertiary/aromatic N) is 2. The molecule has 5 nitrogen and oxygen atoms in total. The molecule has 5 heteroatoms. The Morgan fingerprint density at radius 1 is 1.14 bits per heavy atom. The maximum atomic E-state index is 5.99. The standard InChI is InChI=1S/C16H21N3O2/c1-4-14-18-15(11(2)16(17)19-14)12-7-5-6-8-13(12)21-10-9-20-3/h5-8H,4,9-10H2,1-3H3,(H2,17,18,19). The summed E-state index contributed by atoms with van der Waals surface area (Å²) < 4.78 is 10.8. The first-order valence-electron chi connectivity index (χ1n) is 7.01. The predicted molar refractivity (Wildman–Crippen MR) is 83.4 cm³/mol. The topological polar surface area (TPSA) is 70.3 Å². The van der Waals surface area contributed by atoms with Crippen LogP contribution in [0.3, 0.4) is 0 Å². The quantitative estimate of drug-likeness (QED) is 0.827. The van der Waals surface area contributed by atoms with Crippen LogP contribution in [-0.4, -0.2) is 30.3 Å². The van der Waals surface area contributed by atoms with Gasteiger partial charge in [0.25, 0.3) is 0 Å². The fourth-order valence-electron chi connectivity index (χ4n) is 2.03. The fourth-order valence-corrected chi connectivity index (χ4v) is 2.03. The molecule has 21 heavy (non-hydrogen) atoms. The lowest BCUT2D eigenvalue weighted by Gasteiger charge is -2.14. The number of benzene rings is 1. The second kappa shape index (κ2) is 7.04. The summed E-state index contributed by atoms with van der Waals surface area (Å²) in [6, 6.07) is 7.80. The van der Waals surface area contributed by atoms with Crippen molar-refractivity contribution in [3.8, 4) is 17.0 Å². The number of para-hydroxylation sites is 1. The van der Waals surface area contributed by atoms with Crippen LogP contribution in [0.1, 0.15) is 18.3 Å². The number of ether oxygens (including phenoxy) is 2. The highest BCUT2D eigenvalue weighted by molar-refractivity contribution is 5.72. The monoisotopic (exact) mass is 287 g/mol. The van der Waals surface area contributed by atoms with E-state index in [2.05, 4.69) is 9.97 Å². The lowest BCUT2D eigenvalue weighted by Crippen LogP contribution is -2.07. The van der Waals surface area contributed by atoms with Gasteiger partial charge in [0.05, 0.1) is 12.3 Å². The Labute approximate surface area is 125 Å². The molecule has 1 aromatic carbocycles. The zero-order valence-corrected chi connectivity index (χ0v) is 12.7. The van der Waals surface area contributed by atoms with Crippen LogP contribution in [-0.2, 0) is 11.2 Å². The van der Waals surface area contributed by atoms with E-state index in [0.29, 0.717) is 19.0 Å². The van der Waals surface area contributed by atoms with Gasteiger partial charge in [-0.15, -0.1) is 0 Å². The van der Waals surface area contributed by atoms with Crippen molar-refractivity contribution in [2.75, 3.05) is 26.1 Å². The summed E-state index contributed by atoms with van der Waals surface area (Å²) in [5.41, 5.74) is 8.62. The molecular weight excluding hydrogens is 266 g/mol. The molecule has 0 aliphatic rings. The van der Waals surface area contributed by atoms with Crippen molar-refractivity contribution in [2.45, 2.75) is 20.3 Å². The zero-order chi connectivity index (χ0) is 15.2. The SMILES string of the molecule is CCc1nc(N)c(C)c(-c2ccccc2OCCOC)n1. The van der Waals surface area contributed by atoms with Crippen LogP contribution >= 0.6 is 0 Å². The summed E-state index contributed by atoms with van der Waals surface area (Å²) in [5, 5.41) is 0. The van der Waals surface area contributed by atoms with E-state index in [1.54, 1.807) is 7.11 Å². The van der Waals surface area contributed by atoms with E-state index in [9.17, 15) is 0 Å². The molecular formula is C16H21N3O2. The third-order valence-electron chi connectivity index (χ3n) is 3.23. The molecule has 0 amide bonds. The summed E-state index contributed by atoms with van der Waals surface area (Å²) in [4.78, 5) is 8.90. The second-order valence-corrected chi connectivity index (χ2v) is 4.69. The first-order chi connectivity index (χ1) is 10.2. The highest BCUT2D eigenvalue weighted by atomic mass is 16.5. The minimum atomic E-state index is 0.494. The molecule has 2 N–H and O–H groups in total. The summed E-state index contributed by atoms with van der Waals surface area (Å²) >= 11 is 0. The van der Waals surface area contributed by atoms with Crippen LogP contribution in [0.2, 0.25) is 0 Å². The van der Waals surface area contributed by atoms with Crippen LogP contribution < -0.4 is 10.5 Å². The van der Waals surface area contributed by atoms with Crippen molar-refractivity contribution in [1.82, 2.24) is 9.97 Å². The van der Waals surface area contributed by atoms with Gasteiger partial charge in [0, 0.05) is 24.7 Å². The third kappa shape index (κ3) is 3.49. The van der Waals surface area contributed by atoms with E-state index in [4.69, 9.17) is 15.2 Å². The largest absolute Gasteiger partial charge is 0.490 e. The van der Waals surface area contributed by atoms with E-state index < -0.39 is 0 Å². The van der Waals surface area contributed by atoms with Gasteiger partial charge >= 0.3 is 0 Å². The number of hydrogen-bond donors (Lipinski definition) is 1. The normalized spacial score (nSPS) is 10.6. The maximum absolute atomic E-state index is 5.99. The van der Waals surface area contributed by atoms with Gasteiger partial charge in [-0.05, 0) is 19.1 Å². The van der Waals surface area contributed by atoms with E-state index in [0.717, 1.165) is 34.8 Å². The van der Waals surface area contributed by atoms with Gasteiger partial charge in [0.15, 0.2) is 0 Å². The second-order valence-electron chi connectivity index (χ2n) is 4.69. The average molecular weight is 287 g/mol. The molecule has 0 aliphatic carbocycles. The molecule has 0 atom stereocenters. The van der Waals surface area contributed by atoms with Crippen LogP contribution in [0.4, 0.5) is 5.82 Å². The van der Waals surface area contributed by atoms with Crippen molar-refractivity contribution in [3.63, 3.8) is 0 Å². The molecule has 1 heterocycles. The number of nitrogen functional groups attached to an aromatic ring is 1. The number of anilines is 1. The number of aromatic nitrogens is 2. The van der Waals surface area contributed by atoms with Crippen molar-refractivity contribution in [2.24, 2.45) is 0 Å². The highest BCUT2D eigenvalue weighted by Crippen LogP contribution is 2.32. The summed E-state index contributed by atoms with van der Waals surface area (Å²) in [6.45, 7) is 4.97. The van der Waals surface area contributed by atoms with Gasteiger partial charge in [-0.3, -0.25) is 0 Å². The van der Waals surface area contributed by atoms with Crippen molar-refractivity contribution in [1.29, 1.82) is 0 Å². The van der Waals surface area contributed by atoms with Gasteiger partial charge in [0.1, 0.15) is 24.0 Å². The van der Waals surface area contributed by atoms with Gasteiger partial charge in [-0.1, -0.05) is 19.1 Å². The fraction of sp³-hybridized carbons (Fsp3) is 0.375. The van der Waals surface area contributed by atoms with Gasteiger partial charge in [-0.25, -0.2) is 9.97 Å². The lowest BCUT2D eigenvalue weighted by atomic mass is 10.1. The Kier molecular flexibility index (Phi) is 5.11. The van der Waals surface area contributed by atoms with Gasteiger partial charge in [0.2, 0.25) is 0 Å². The Hall–Kier alpha value is -2.14. The average Bonchev–Trinajstić information content (AvgIpc) is 2.51. The number of nitrogens with two attached hydrogens (primary N) is 1. The molecule has 0 spiro atoms. The minimum absolute atomic E-state index is 0.494. The number of rotatable bonds is 6. The highest BCUT2D eigenvalue weighted by Gasteiger charge is 2.14.